The summed E-state index contributed by atoms with van der Waals surface area (Å²) in [6.07, 6.45) is 5.67. The highest BCUT2D eigenvalue weighted by Crippen LogP contribution is 2.27. The van der Waals surface area contributed by atoms with Crippen LogP contribution < -0.4 is 4.74 Å². The van der Waals surface area contributed by atoms with Gasteiger partial charge in [-0.05, 0) is 53.8 Å². The van der Waals surface area contributed by atoms with Gasteiger partial charge in [-0.15, -0.1) is 0 Å². The summed E-state index contributed by atoms with van der Waals surface area (Å²) in [6, 6.07) is 9.53. The SMILES string of the molecule is COc1ccc(-c2cncc(C(=O)OCCc3ccns3)c2)c(C)c1. The van der Waals surface area contributed by atoms with E-state index < -0.39 is 0 Å². The first-order valence-corrected chi connectivity index (χ1v) is 8.61. The Balaban J connectivity index is 1.71. The molecule has 6 heteroatoms. The fourth-order valence-electron chi connectivity index (χ4n) is 2.48. The van der Waals surface area contributed by atoms with E-state index in [0.29, 0.717) is 18.6 Å². The Morgan fingerprint density at radius 2 is 2.08 bits per heavy atom. The first-order valence-electron chi connectivity index (χ1n) is 7.84. The predicted octanol–water partition coefficient (Wildman–Crippen LogP) is 3.92. The number of benzene rings is 1. The molecule has 0 saturated heterocycles. The molecule has 5 nitrogen and oxygen atoms in total. The monoisotopic (exact) mass is 354 g/mol. The van der Waals surface area contributed by atoms with Gasteiger partial charge >= 0.3 is 5.97 Å². The first kappa shape index (κ1) is 17.1. The molecule has 1 aromatic carbocycles. The second kappa shape index (κ2) is 7.90. The van der Waals surface area contributed by atoms with Gasteiger partial charge in [-0.25, -0.2) is 9.17 Å². The Morgan fingerprint density at radius 3 is 2.80 bits per heavy atom. The number of ether oxygens (including phenoxy) is 2. The molecule has 0 aliphatic rings. The van der Waals surface area contributed by atoms with E-state index in [-0.39, 0.29) is 5.97 Å². The highest BCUT2D eigenvalue weighted by molar-refractivity contribution is 7.05. The molecule has 2 aromatic heterocycles. The Labute approximate surface area is 150 Å². The van der Waals surface area contributed by atoms with E-state index in [9.17, 15) is 4.79 Å². The molecule has 0 aliphatic heterocycles. The minimum absolute atomic E-state index is 0.326. The minimum Gasteiger partial charge on any atom is -0.497 e. The summed E-state index contributed by atoms with van der Waals surface area (Å²) in [6.45, 7) is 2.32. The van der Waals surface area contributed by atoms with E-state index >= 15 is 0 Å². The van der Waals surface area contributed by atoms with Crippen LogP contribution in [0.1, 0.15) is 20.8 Å². The summed E-state index contributed by atoms with van der Waals surface area (Å²) in [4.78, 5) is 17.5. The third-order valence-corrected chi connectivity index (χ3v) is 4.59. The predicted molar refractivity (Wildman–Crippen MR) is 97.1 cm³/mol. The highest BCUT2D eigenvalue weighted by Gasteiger charge is 2.11. The normalized spacial score (nSPS) is 10.5. The third kappa shape index (κ3) is 4.22. The van der Waals surface area contributed by atoms with Gasteiger partial charge in [0.2, 0.25) is 0 Å². The second-order valence-corrected chi connectivity index (χ2v) is 6.43. The molecule has 2 heterocycles. The maximum Gasteiger partial charge on any atom is 0.339 e. The van der Waals surface area contributed by atoms with Crippen molar-refractivity contribution in [2.75, 3.05) is 13.7 Å². The topological polar surface area (TPSA) is 61.3 Å². The van der Waals surface area contributed by atoms with Crippen LogP contribution in [0.2, 0.25) is 0 Å². The van der Waals surface area contributed by atoms with Gasteiger partial charge in [0.15, 0.2) is 0 Å². The van der Waals surface area contributed by atoms with E-state index in [1.165, 1.54) is 17.7 Å². The number of esters is 1. The zero-order valence-electron chi connectivity index (χ0n) is 14.1. The van der Waals surface area contributed by atoms with Gasteiger partial charge in [0.05, 0.1) is 19.3 Å². The summed E-state index contributed by atoms with van der Waals surface area (Å²) in [5.74, 6) is 0.429. The van der Waals surface area contributed by atoms with Crippen molar-refractivity contribution < 1.29 is 14.3 Å². The van der Waals surface area contributed by atoms with Crippen molar-refractivity contribution in [2.45, 2.75) is 13.3 Å². The summed E-state index contributed by atoms with van der Waals surface area (Å²) in [5.41, 5.74) is 3.37. The number of carbonyl (C=O) groups excluding carboxylic acids is 1. The number of carbonyl (C=O) groups is 1. The van der Waals surface area contributed by atoms with Crippen LogP contribution in [-0.2, 0) is 11.2 Å². The number of pyridine rings is 1. The largest absolute Gasteiger partial charge is 0.497 e. The molecule has 3 rings (SSSR count). The van der Waals surface area contributed by atoms with Gasteiger partial charge in [-0.3, -0.25) is 4.98 Å². The Bertz CT molecular complexity index is 863. The van der Waals surface area contributed by atoms with Crippen LogP contribution >= 0.6 is 11.5 Å². The lowest BCUT2D eigenvalue weighted by Gasteiger charge is -2.09. The molecule has 0 amide bonds. The van der Waals surface area contributed by atoms with Crippen molar-refractivity contribution >= 4 is 17.5 Å². The molecule has 0 radical (unpaired) electrons. The van der Waals surface area contributed by atoms with Crippen molar-refractivity contribution in [1.29, 1.82) is 0 Å². The van der Waals surface area contributed by atoms with E-state index in [2.05, 4.69) is 9.36 Å². The molecule has 128 valence electrons. The molecule has 0 saturated carbocycles. The number of aryl methyl sites for hydroxylation is 1. The standard InChI is InChI=1S/C19H18N2O3S/c1-13-9-16(23-2)3-4-18(13)14-10-15(12-20-11-14)19(22)24-8-6-17-5-7-21-25-17/h3-5,7,9-12H,6,8H2,1-2H3. The minimum atomic E-state index is -0.370. The smallest absolute Gasteiger partial charge is 0.339 e. The summed E-state index contributed by atoms with van der Waals surface area (Å²) in [5, 5.41) is 0. The van der Waals surface area contributed by atoms with Crippen LogP contribution in [-0.4, -0.2) is 29.0 Å². The van der Waals surface area contributed by atoms with Gasteiger partial charge in [0.1, 0.15) is 5.75 Å². The molecule has 0 spiro atoms. The first-order chi connectivity index (χ1) is 12.2. The van der Waals surface area contributed by atoms with Crippen LogP contribution in [0, 0.1) is 6.92 Å². The Kier molecular flexibility index (Phi) is 5.40. The Morgan fingerprint density at radius 1 is 1.20 bits per heavy atom. The van der Waals surface area contributed by atoms with Crippen LogP contribution in [0.3, 0.4) is 0 Å². The summed E-state index contributed by atoms with van der Waals surface area (Å²) in [7, 11) is 1.64. The van der Waals surface area contributed by atoms with Gasteiger partial charge in [-0.1, -0.05) is 6.07 Å². The van der Waals surface area contributed by atoms with Gasteiger partial charge in [0.25, 0.3) is 0 Å². The lowest BCUT2D eigenvalue weighted by Crippen LogP contribution is -2.08. The maximum atomic E-state index is 12.2. The average Bonchev–Trinajstić information content (AvgIpc) is 3.15. The number of hydrogen-bond donors (Lipinski definition) is 0. The molecular weight excluding hydrogens is 336 g/mol. The Hall–Kier alpha value is -2.73. The highest BCUT2D eigenvalue weighted by atomic mass is 32.1. The molecule has 0 N–H and O–H groups in total. The van der Waals surface area contributed by atoms with Crippen molar-refractivity contribution in [1.82, 2.24) is 9.36 Å². The number of methoxy groups -OCH3 is 1. The molecule has 25 heavy (non-hydrogen) atoms. The number of aromatic nitrogens is 2. The fourth-order valence-corrected chi connectivity index (χ4v) is 3.04. The van der Waals surface area contributed by atoms with Gasteiger partial charge in [0, 0.05) is 35.5 Å². The zero-order chi connectivity index (χ0) is 17.6. The molecular formula is C19H18N2O3S. The maximum absolute atomic E-state index is 12.2. The number of hydrogen-bond acceptors (Lipinski definition) is 6. The second-order valence-electron chi connectivity index (χ2n) is 5.51. The molecule has 3 aromatic rings. The molecule has 0 aliphatic carbocycles. The molecule has 0 unspecified atom stereocenters. The molecule has 0 fully saturated rings. The van der Waals surface area contributed by atoms with Gasteiger partial charge in [-0.2, -0.15) is 0 Å². The van der Waals surface area contributed by atoms with Crippen molar-refractivity contribution in [3.63, 3.8) is 0 Å². The summed E-state index contributed by atoms with van der Waals surface area (Å²) < 4.78 is 14.6. The van der Waals surface area contributed by atoms with E-state index in [0.717, 1.165) is 27.3 Å². The lowest BCUT2D eigenvalue weighted by atomic mass is 10.0. The molecule has 0 atom stereocenters. The number of rotatable bonds is 6. The van der Waals surface area contributed by atoms with Crippen LogP contribution in [0.4, 0.5) is 0 Å². The van der Waals surface area contributed by atoms with Crippen molar-refractivity contribution in [2.24, 2.45) is 0 Å². The van der Waals surface area contributed by atoms with Gasteiger partial charge < -0.3 is 9.47 Å². The van der Waals surface area contributed by atoms with E-state index in [1.807, 2.05) is 31.2 Å². The zero-order valence-corrected chi connectivity index (χ0v) is 14.9. The van der Waals surface area contributed by atoms with Crippen molar-refractivity contribution in [3.05, 3.63) is 64.9 Å². The molecule has 0 bridgehead atoms. The third-order valence-electron chi connectivity index (χ3n) is 3.79. The van der Waals surface area contributed by atoms with Crippen LogP contribution in [0.15, 0.2) is 48.9 Å². The summed E-state index contributed by atoms with van der Waals surface area (Å²) >= 11 is 1.41. The average molecular weight is 354 g/mol. The van der Waals surface area contributed by atoms with E-state index in [4.69, 9.17) is 9.47 Å². The quantitative estimate of drug-likeness (QED) is 0.628. The lowest BCUT2D eigenvalue weighted by molar-refractivity contribution is 0.0509. The van der Waals surface area contributed by atoms with Crippen LogP contribution in [0.5, 0.6) is 5.75 Å². The fraction of sp³-hybridized carbons (Fsp3) is 0.211. The number of nitrogens with zero attached hydrogens (tertiary/aromatic N) is 2. The van der Waals surface area contributed by atoms with E-state index in [1.54, 1.807) is 25.6 Å². The van der Waals surface area contributed by atoms with Crippen LogP contribution in [0.25, 0.3) is 11.1 Å². The van der Waals surface area contributed by atoms with Crippen molar-refractivity contribution in [3.8, 4) is 16.9 Å².